The first-order valence-corrected chi connectivity index (χ1v) is 9.55. The first-order valence-electron chi connectivity index (χ1n) is 9.55. The number of methoxy groups -OCH3 is 1. The molecule has 0 saturated carbocycles. The van der Waals surface area contributed by atoms with Gasteiger partial charge in [-0.2, -0.15) is 0 Å². The Kier molecular flexibility index (Phi) is 5.40. The Morgan fingerprint density at radius 3 is 2.57 bits per heavy atom. The largest absolute Gasteiger partial charge is 0.496 e. The molecule has 2 aromatic carbocycles. The molecule has 1 aliphatic heterocycles. The predicted molar refractivity (Wildman–Crippen MR) is 113 cm³/mol. The topological polar surface area (TPSA) is 68.0 Å². The van der Waals surface area contributed by atoms with Crippen LogP contribution in [0.25, 0.3) is 0 Å². The number of aliphatic imine (C=N–C) groups is 1. The smallest absolute Gasteiger partial charge is 0.269 e. The molecule has 1 atom stereocenters. The molecule has 0 saturated heterocycles. The number of hydrogen-bond donors (Lipinski definition) is 0. The van der Waals surface area contributed by atoms with Crippen molar-refractivity contribution in [2.45, 2.75) is 45.6 Å². The highest BCUT2D eigenvalue weighted by Gasteiger charge is 2.36. The molecule has 0 radical (unpaired) electrons. The molecule has 0 aliphatic carbocycles. The van der Waals surface area contributed by atoms with Crippen LogP contribution in [0.5, 0.6) is 5.75 Å². The minimum absolute atomic E-state index is 0.0569. The molecule has 6 nitrogen and oxygen atoms in total. The molecule has 28 heavy (non-hydrogen) atoms. The SMILES string of the molecule is CCN1c2cc(OC)c(C=Nc3ccc([N+](=O)[O-])cc3)cc2C(C)CC1(C)C. The zero-order chi connectivity index (χ0) is 20.5. The molecule has 148 valence electrons. The van der Waals surface area contributed by atoms with Gasteiger partial charge in [0.15, 0.2) is 0 Å². The molecule has 2 aromatic rings. The van der Waals surface area contributed by atoms with Crippen molar-refractivity contribution in [3.05, 3.63) is 57.6 Å². The van der Waals surface area contributed by atoms with E-state index < -0.39 is 4.92 Å². The third-order valence-electron chi connectivity index (χ3n) is 5.47. The Morgan fingerprint density at radius 1 is 1.32 bits per heavy atom. The number of anilines is 1. The molecule has 0 amide bonds. The van der Waals surface area contributed by atoms with Gasteiger partial charge in [-0.15, -0.1) is 0 Å². The first kappa shape index (κ1) is 19.9. The van der Waals surface area contributed by atoms with E-state index in [4.69, 9.17) is 4.74 Å². The number of nitro benzene ring substituents is 1. The molecule has 3 rings (SSSR count). The monoisotopic (exact) mass is 381 g/mol. The summed E-state index contributed by atoms with van der Waals surface area (Å²) >= 11 is 0. The van der Waals surface area contributed by atoms with E-state index in [9.17, 15) is 10.1 Å². The lowest BCUT2D eigenvalue weighted by Gasteiger charge is -2.47. The Labute approximate surface area is 166 Å². The van der Waals surface area contributed by atoms with Gasteiger partial charge < -0.3 is 9.64 Å². The molecule has 0 fully saturated rings. The van der Waals surface area contributed by atoms with Gasteiger partial charge in [0.25, 0.3) is 5.69 Å². The van der Waals surface area contributed by atoms with Crippen molar-refractivity contribution in [2.24, 2.45) is 4.99 Å². The van der Waals surface area contributed by atoms with Gasteiger partial charge in [-0.05, 0) is 56.9 Å². The number of fused-ring (bicyclic) bond motifs is 1. The third-order valence-corrected chi connectivity index (χ3v) is 5.47. The molecule has 1 heterocycles. The zero-order valence-electron chi connectivity index (χ0n) is 17.1. The highest BCUT2D eigenvalue weighted by molar-refractivity contribution is 5.88. The number of ether oxygens (including phenoxy) is 1. The lowest BCUT2D eigenvalue weighted by molar-refractivity contribution is -0.384. The van der Waals surface area contributed by atoms with Crippen molar-refractivity contribution < 1.29 is 9.66 Å². The second-order valence-corrected chi connectivity index (χ2v) is 7.85. The van der Waals surface area contributed by atoms with E-state index in [2.05, 4.69) is 49.7 Å². The van der Waals surface area contributed by atoms with E-state index in [1.54, 1.807) is 25.5 Å². The summed E-state index contributed by atoms with van der Waals surface area (Å²) < 4.78 is 5.64. The summed E-state index contributed by atoms with van der Waals surface area (Å²) in [6.07, 6.45) is 2.85. The highest BCUT2D eigenvalue weighted by Crippen LogP contribution is 2.45. The van der Waals surface area contributed by atoms with Crippen LogP contribution in [0.15, 0.2) is 41.4 Å². The molecule has 1 aliphatic rings. The van der Waals surface area contributed by atoms with Gasteiger partial charge in [0.1, 0.15) is 5.75 Å². The second-order valence-electron chi connectivity index (χ2n) is 7.85. The molecule has 0 bridgehead atoms. The van der Waals surface area contributed by atoms with E-state index in [-0.39, 0.29) is 11.2 Å². The Morgan fingerprint density at radius 2 is 2.00 bits per heavy atom. The number of rotatable bonds is 5. The van der Waals surface area contributed by atoms with Crippen molar-refractivity contribution in [3.63, 3.8) is 0 Å². The maximum atomic E-state index is 10.8. The highest BCUT2D eigenvalue weighted by atomic mass is 16.6. The van der Waals surface area contributed by atoms with Crippen molar-refractivity contribution >= 4 is 23.3 Å². The number of benzene rings is 2. The summed E-state index contributed by atoms with van der Waals surface area (Å²) in [7, 11) is 1.67. The van der Waals surface area contributed by atoms with Crippen molar-refractivity contribution in [1.29, 1.82) is 0 Å². The van der Waals surface area contributed by atoms with Gasteiger partial charge in [0, 0.05) is 47.7 Å². The lowest BCUT2D eigenvalue weighted by atomic mass is 9.79. The molecule has 0 spiro atoms. The average Bonchev–Trinajstić information content (AvgIpc) is 2.65. The second kappa shape index (κ2) is 7.62. The van der Waals surface area contributed by atoms with E-state index in [1.807, 2.05) is 0 Å². The molecular formula is C22H27N3O3. The minimum Gasteiger partial charge on any atom is -0.496 e. The number of nitrogens with zero attached hydrogens (tertiary/aromatic N) is 3. The molecule has 1 unspecified atom stereocenters. The summed E-state index contributed by atoms with van der Waals surface area (Å²) in [5, 5.41) is 10.8. The van der Waals surface area contributed by atoms with Gasteiger partial charge in [0.2, 0.25) is 0 Å². The molecular weight excluding hydrogens is 354 g/mol. The van der Waals surface area contributed by atoms with E-state index >= 15 is 0 Å². The zero-order valence-corrected chi connectivity index (χ0v) is 17.1. The summed E-state index contributed by atoms with van der Waals surface area (Å²) in [6.45, 7) is 9.94. The van der Waals surface area contributed by atoms with Crippen LogP contribution in [0.4, 0.5) is 17.1 Å². The van der Waals surface area contributed by atoms with Gasteiger partial charge in [0.05, 0.1) is 17.7 Å². The summed E-state index contributed by atoms with van der Waals surface area (Å²) in [4.78, 5) is 17.3. The fourth-order valence-electron chi connectivity index (χ4n) is 4.21. The van der Waals surface area contributed by atoms with Gasteiger partial charge in [-0.1, -0.05) is 6.92 Å². The standard InChI is InChI=1S/C22H27N3O3/c1-6-24-20-12-21(28-5)16(11-19(20)15(2)13-22(24,3)4)14-23-17-7-9-18(10-8-17)25(26)27/h7-12,14-15H,6,13H2,1-5H3. The number of nitro groups is 1. The van der Waals surface area contributed by atoms with Gasteiger partial charge in [-0.3, -0.25) is 15.1 Å². The van der Waals surface area contributed by atoms with Gasteiger partial charge >= 0.3 is 0 Å². The summed E-state index contributed by atoms with van der Waals surface area (Å²) in [5.74, 6) is 1.21. The number of non-ortho nitro benzene ring substituents is 1. The van der Waals surface area contributed by atoms with Crippen LogP contribution < -0.4 is 9.64 Å². The van der Waals surface area contributed by atoms with E-state index in [1.165, 1.54) is 23.4 Å². The van der Waals surface area contributed by atoms with Crippen LogP contribution in [0.2, 0.25) is 0 Å². The fraction of sp³-hybridized carbons (Fsp3) is 0.409. The third kappa shape index (κ3) is 3.72. The average molecular weight is 381 g/mol. The van der Waals surface area contributed by atoms with Crippen LogP contribution in [-0.4, -0.2) is 30.3 Å². The lowest BCUT2D eigenvalue weighted by Crippen LogP contribution is -2.48. The quantitative estimate of drug-likeness (QED) is 0.391. The summed E-state index contributed by atoms with van der Waals surface area (Å²) in [6, 6.07) is 10.5. The van der Waals surface area contributed by atoms with Crippen LogP contribution >= 0.6 is 0 Å². The van der Waals surface area contributed by atoms with Crippen LogP contribution in [0, 0.1) is 10.1 Å². The Bertz CT molecular complexity index is 904. The predicted octanol–water partition coefficient (Wildman–Crippen LogP) is 5.47. The van der Waals surface area contributed by atoms with Crippen LogP contribution in [0.3, 0.4) is 0 Å². The maximum absolute atomic E-state index is 10.8. The number of hydrogen-bond acceptors (Lipinski definition) is 5. The Balaban J connectivity index is 1.98. The van der Waals surface area contributed by atoms with Crippen molar-refractivity contribution in [1.82, 2.24) is 0 Å². The van der Waals surface area contributed by atoms with E-state index in [0.29, 0.717) is 11.6 Å². The Hall–Kier alpha value is -2.89. The van der Waals surface area contributed by atoms with Crippen LogP contribution in [0.1, 0.15) is 51.2 Å². The molecule has 0 N–H and O–H groups in total. The normalized spacial score (nSPS) is 18.2. The molecule has 0 aromatic heterocycles. The van der Waals surface area contributed by atoms with Crippen molar-refractivity contribution in [3.8, 4) is 5.75 Å². The van der Waals surface area contributed by atoms with Crippen molar-refractivity contribution in [2.75, 3.05) is 18.6 Å². The van der Waals surface area contributed by atoms with Crippen LogP contribution in [-0.2, 0) is 0 Å². The minimum atomic E-state index is -0.414. The maximum Gasteiger partial charge on any atom is 0.269 e. The fourth-order valence-corrected chi connectivity index (χ4v) is 4.21. The van der Waals surface area contributed by atoms with E-state index in [0.717, 1.165) is 24.3 Å². The molecule has 6 heteroatoms. The summed E-state index contributed by atoms with van der Waals surface area (Å²) in [5.41, 5.74) is 4.24. The first-order chi connectivity index (χ1) is 13.3. The van der Waals surface area contributed by atoms with Gasteiger partial charge in [-0.25, -0.2) is 0 Å².